The van der Waals surface area contributed by atoms with Gasteiger partial charge in [-0.25, -0.2) is 0 Å². The molecule has 0 aliphatic heterocycles. The zero-order chi connectivity index (χ0) is 14.9. The Bertz CT molecular complexity index is 170. The SMILES string of the molecule is CCC(C)C.CCCCCO[P+](=O)OCCCCC. The summed E-state index contributed by atoms with van der Waals surface area (Å²) in [4.78, 5) is 0. The molecule has 0 heterocycles. The van der Waals surface area contributed by atoms with Crippen molar-refractivity contribution in [2.24, 2.45) is 5.92 Å². The topological polar surface area (TPSA) is 35.5 Å². The molecule has 0 saturated carbocycles. The van der Waals surface area contributed by atoms with Gasteiger partial charge in [0.05, 0.1) is 0 Å². The highest BCUT2D eigenvalue weighted by Crippen LogP contribution is 2.24. The lowest BCUT2D eigenvalue weighted by molar-refractivity contribution is 0.219. The van der Waals surface area contributed by atoms with Crippen molar-refractivity contribution in [3.05, 3.63) is 0 Å². The summed E-state index contributed by atoms with van der Waals surface area (Å²) in [5.74, 6) is 0.884. The molecule has 0 aromatic rings. The molecule has 0 aromatic heterocycles. The largest absolute Gasteiger partial charge is 0.697 e. The van der Waals surface area contributed by atoms with Crippen LogP contribution in [0.15, 0.2) is 0 Å². The maximum absolute atomic E-state index is 11.1. The first-order valence-corrected chi connectivity index (χ1v) is 8.90. The number of hydrogen-bond donors (Lipinski definition) is 0. The lowest BCUT2D eigenvalue weighted by atomic mass is 10.2. The molecule has 0 aliphatic carbocycles. The van der Waals surface area contributed by atoms with E-state index in [2.05, 4.69) is 34.6 Å². The summed E-state index contributed by atoms with van der Waals surface area (Å²) in [5.41, 5.74) is 0. The minimum atomic E-state index is -1.86. The molecule has 4 heteroatoms. The van der Waals surface area contributed by atoms with Crippen LogP contribution in [0.5, 0.6) is 0 Å². The normalized spacial score (nSPS) is 10.2. The van der Waals surface area contributed by atoms with Crippen LogP contribution in [0.4, 0.5) is 0 Å². The Morgan fingerprint density at radius 1 is 0.842 bits per heavy atom. The quantitative estimate of drug-likeness (QED) is 0.340. The zero-order valence-corrected chi connectivity index (χ0v) is 14.5. The summed E-state index contributed by atoms with van der Waals surface area (Å²) in [5, 5.41) is 0. The first-order chi connectivity index (χ1) is 9.08. The van der Waals surface area contributed by atoms with Crippen molar-refractivity contribution in [3.63, 3.8) is 0 Å². The summed E-state index contributed by atoms with van der Waals surface area (Å²) in [6.07, 6.45) is 7.79. The van der Waals surface area contributed by atoms with Crippen LogP contribution in [0.1, 0.15) is 79.6 Å². The van der Waals surface area contributed by atoms with E-state index >= 15 is 0 Å². The Morgan fingerprint density at radius 2 is 1.21 bits per heavy atom. The fourth-order valence-electron chi connectivity index (χ4n) is 1.02. The third-order valence-corrected chi connectivity index (χ3v) is 3.49. The molecule has 0 atom stereocenters. The van der Waals surface area contributed by atoms with E-state index in [-0.39, 0.29) is 0 Å². The average Bonchev–Trinajstić information content (AvgIpc) is 2.40. The third-order valence-electron chi connectivity index (χ3n) is 2.71. The van der Waals surface area contributed by atoms with Crippen LogP contribution in [-0.2, 0) is 13.6 Å². The zero-order valence-electron chi connectivity index (χ0n) is 13.6. The van der Waals surface area contributed by atoms with Crippen molar-refractivity contribution < 1.29 is 13.6 Å². The van der Waals surface area contributed by atoms with Crippen molar-refractivity contribution in [1.82, 2.24) is 0 Å². The Labute approximate surface area is 121 Å². The summed E-state index contributed by atoms with van der Waals surface area (Å²) < 4.78 is 21.1. The van der Waals surface area contributed by atoms with Crippen molar-refractivity contribution in [1.29, 1.82) is 0 Å². The predicted octanol–water partition coefficient (Wildman–Crippen LogP) is 6.11. The molecule has 0 amide bonds. The second-order valence-electron chi connectivity index (χ2n) is 5.11. The Morgan fingerprint density at radius 3 is 1.47 bits per heavy atom. The van der Waals surface area contributed by atoms with E-state index in [0.717, 1.165) is 44.4 Å². The molecule has 19 heavy (non-hydrogen) atoms. The van der Waals surface area contributed by atoms with Crippen molar-refractivity contribution in [2.75, 3.05) is 13.2 Å². The van der Waals surface area contributed by atoms with Gasteiger partial charge >= 0.3 is 8.25 Å². The van der Waals surface area contributed by atoms with Crippen molar-refractivity contribution >= 4 is 8.25 Å². The molecule has 0 spiro atoms. The number of hydrogen-bond acceptors (Lipinski definition) is 3. The van der Waals surface area contributed by atoms with Crippen LogP contribution in [0.3, 0.4) is 0 Å². The van der Waals surface area contributed by atoms with Crippen LogP contribution in [0.25, 0.3) is 0 Å². The van der Waals surface area contributed by atoms with Crippen LogP contribution < -0.4 is 0 Å². The molecule has 116 valence electrons. The van der Waals surface area contributed by atoms with Crippen LogP contribution in [0.2, 0.25) is 0 Å². The molecule has 0 unspecified atom stereocenters. The first kappa shape index (κ1) is 21.3. The highest BCUT2D eigenvalue weighted by molar-refractivity contribution is 7.33. The van der Waals surface area contributed by atoms with Gasteiger partial charge in [-0.3, -0.25) is 0 Å². The summed E-state index contributed by atoms with van der Waals surface area (Å²) in [6, 6.07) is 0. The highest BCUT2D eigenvalue weighted by atomic mass is 31.1. The summed E-state index contributed by atoms with van der Waals surface area (Å²) in [6.45, 7) is 12.0. The molecule has 0 fully saturated rings. The molecule has 0 aromatic carbocycles. The fourth-order valence-corrected chi connectivity index (χ4v) is 1.65. The van der Waals surface area contributed by atoms with Crippen LogP contribution >= 0.6 is 8.25 Å². The minimum absolute atomic E-state index is 0.552. The maximum Gasteiger partial charge on any atom is 0.697 e. The van der Waals surface area contributed by atoms with E-state index < -0.39 is 8.25 Å². The van der Waals surface area contributed by atoms with E-state index in [1.165, 1.54) is 6.42 Å². The molecule has 3 nitrogen and oxygen atoms in total. The molecule has 0 radical (unpaired) electrons. The Balaban J connectivity index is 0. The van der Waals surface area contributed by atoms with Crippen LogP contribution in [-0.4, -0.2) is 13.2 Å². The molecular formula is C15H34O3P+. The molecule has 0 saturated heterocycles. The van der Waals surface area contributed by atoms with Gasteiger partial charge in [0, 0.05) is 4.57 Å². The van der Waals surface area contributed by atoms with Gasteiger partial charge in [-0.2, -0.15) is 0 Å². The van der Waals surface area contributed by atoms with Crippen LogP contribution in [0, 0.1) is 5.92 Å². The molecule has 0 N–H and O–H groups in total. The van der Waals surface area contributed by atoms with E-state index in [0.29, 0.717) is 13.2 Å². The minimum Gasteiger partial charge on any atom is -0.119 e. The lowest BCUT2D eigenvalue weighted by Gasteiger charge is -1.92. The molecular weight excluding hydrogens is 259 g/mol. The average molecular weight is 293 g/mol. The van der Waals surface area contributed by atoms with E-state index in [9.17, 15) is 4.57 Å². The number of rotatable bonds is 11. The molecule has 0 aliphatic rings. The molecule has 0 rings (SSSR count). The van der Waals surface area contributed by atoms with Gasteiger partial charge in [0.25, 0.3) is 0 Å². The standard InChI is InChI=1S/C10H22O3P.C5H12/c1-3-5-7-9-12-14(11)13-10-8-6-4-2;1-4-5(2)3/h3-10H2,1-2H3;5H,4H2,1-3H3/q+1;. The van der Waals surface area contributed by atoms with Gasteiger partial charge in [-0.05, 0) is 18.8 Å². The van der Waals surface area contributed by atoms with Gasteiger partial charge in [0.2, 0.25) is 0 Å². The smallest absolute Gasteiger partial charge is 0.119 e. The van der Waals surface area contributed by atoms with E-state index in [1.54, 1.807) is 0 Å². The van der Waals surface area contributed by atoms with Gasteiger partial charge in [-0.1, -0.05) is 66.7 Å². The summed E-state index contributed by atoms with van der Waals surface area (Å²) >= 11 is 0. The van der Waals surface area contributed by atoms with Gasteiger partial charge in [0.15, 0.2) is 0 Å². The second-order valence-corrected chi connectivity index (χ2v) is 6.07. The first-order valence-electron chi connectivity index (χ1n) is 7.81. The molecule has 0 bridgehead atoms. The van der Waals surface area contributed by atoms with Gasteiger partial charge in [-0.15, -0.1) is 9.05 Å². The monoisotopic (exact) mass is 293 g/mol. The predicted molar refractivity (Wildman–Crippen MR) is 83.7 cm³/mol. The third kappa shape index (κ3) is 23.5. The summed E-state index contributed by atoms with van der Waals surface area (Å²) in [7, 11) is -1.86. The fraction of sp³-hybridized carbons (Fsp3) is 1.00. The Kier molecular flexibility index (Phi) is 20.2. The van der Waals surface area contributed by atoms with Gasteiger partial charge < -0.3 is 0 Å². The van der Waals surface area contributed by atoms with Gasteiger partial charge in [0.1, 0.15) is 13.2 Å². The number of unbranched alkanes of at least 4 members (excludes halogenated alkanes) is 4. The Hall–Kier alpha value is 0.0200. The highest BCUT2D eigenvalue weighted by Gasteiger charge is 2.18. The lowest BCUT2D eigenvalue weighted by Crippen LogP contribution is -1.91. The van der Waals surface area contributed by atoms with Crippen molar-refractivity contribution in [3.8, 4) is 0 Å². The second kappa shape index (κ2) is 18.0. The van der Waals surface area contributed by atoms with E-state index in [1.807, 2.05) is 0 Å². The maximum atomic E-state index is 11.1. The van der Waals surface area contributed by atoms with E-state index in [4.69, 9.17) is 9.05 Å². The van der Waals surface area contributed by atoms with Crippen molar-refractivity contribution in [2.45, 2.75) is 79.6 Å².